The Morgan fingerprint density at radius 2 is 1.97 bits per heavy atom. The summed E-state index contributed by atoms with van der Waals surface area (Å²) in [7, 11) is 0. The van der Waals surface area contributed by atoms with Gasteiger partial charge in [0.1, 0.15) is 0 Å². The maximum Gasteiger partial charge on any atom is 0.310 e. The van der Waals surface area contributed by atoms with Crippen LogP contribution in [0, 0.1) is 5.92 Å². The first kappa shape index (κ1) is 25.4. The number of amides is 1. The second kappa shape index (κ2) is 10.5. The van der Waals surface area contributed by atoms with E-state index in [-0.39, 0.29) is 23.2 Å². The standard InChI is InChI=1S/C28H31ClN2O3S/c1-5-34-27(33)20-7-6-12-31(16-20)26(32)19-8-9-22(23(29)13-19)24-14-21(17-35-24)18-10-11-30-25(15-18)28(2,3)4/h8-11,13-15,17,20H,5-7,12,16H2,1-4H3/t20-/m1/s1. The number of nitrogens with zero attached hydrogens (tertiary/aromatic N) is 2. The molecule has 3 aromatic rings. The maximum atomic E-state index is 13.1. The molecule has 7 heteroatoms. The fourth-order valence-corrected chi connectivity index (χ4v) is 5.59. The van der Waals surface area contributed by atoms with Crippen molar-refractivity contribution in [2.75, 3.05) is 19.7 Å². The molecular formula is C28H31ClN2O3S. The average Bonchev–Trinajstić information content (AvgIpc) is 3.33. The lowest BCUT2D eigenvalue weighted by Gasteiger charge is -2.31. The Labute approximate surface area is 216 Å². The van der Waals surface area contributed by atoms with Crippen molar-refractivity contribution in [2.45, 2.75) is 46.0 Å². The molecule has 0 unspecified atom stereocenters. The minimum Gasteiger partial charge on any atom is -0.466 e. The number of piperidine rings is 1. The monoisotopic (exact) mass is 510 g/mol. The number of aromatic nitrogens is 1. The van der Waals surface area contributed by atoms with Crippen molar-refractivity contribution in [1.29, 1.82) is 0 Å². The largest absolute Gasteiger partial charge is 0.466 e. The molecule has 0 spiro atoms. The van der Waals surface area contributed by atoms with Crippen molar-refractivity contribution >= 4 is 34.8 Å². The van der Waals surface area contributed by atoms with Gasteiger partial charge in [0, 0.05) is 46.4 Å². The fourth-order valence-electron chi connectivity index (χ4n) is 4.29. The van der Waals surface area contributed by atoms with Gasteiger partial charge < -0.3 is 9.64 Å². The Bertz CT molecular complexity index is 1230. The van der Waals surface area contributed by atoms with Crippen LogP contribution in [0.5, 0.6) is 0 Å². The van der Waals surface area contributed by atoms with Gasteiger partial charge in [-0.1, -0.05) is 38.4 Å². The number of ether oxygens (including phenoxy) is 1. The molecule has 1 amide bonds. The van der Waals surface area contributed by atoms with Crippen LogP contribution in [0.4, 0.5) is 0 Å². The van der Waals surface area contributed by atoms with Crippen LogP contribution < -0.4 is 0 Å². The molecule has 0 saturated carbocycles. The van der Waals surface area contributed by atoms with Gasteiger partial charge in [-0.05, 0) is 66.6 Å². The molecule has 4 rings (SSSR count). The molecule has 35 heavy (non-hydrogen) atoms. The first-order valence-corrected chi connectivity index (χ1v) is 13.2. The van der Waals surface area contributed by atoms with Gasteiger partial charge in [0.15, 0.2) is 0 Å². The third kappa shape index (κ3) is 5.76. The number of pyridine rings is 1. The van der Waals surface area contributed by atoms with Gasteiger partial charge in [-0.3, -0.25) is 14.6 Å². The molecule has 0 bridgehead atoms. The number of benzene rings is 1. The number of thiophene rings is 1. The Balaban J connectivity index is 1.52. The molecule has 3 heterocycles. The second-order valence-electron chi connectivity index (χ2n) is 9.92. The van der Waals surface area contributed by atoms with E-state index in [0.717, 1.165) is 40.1 Å². The lowest BCUT2D eigenvalue weighted by Crippen LogP contribution is -2.42. The van der Waals surface area contributed by atoms with E-state index in [2.05, 4.69) is 43.3 Å². The predicted octanol–water partition coefficient (Wildman–Crippen LogP) is 6.84. The number of hydrogen-bond donors (Lipinski definition) is 0. The highest BCUT2D eigenvalue weighted by molar-refractivity contribution is 7.14. The normalized spacial score (nSPS) is 16.3. The van der Waals surface area contributed by atoms with Crippen LogP contribution in [0.15, 0.2) is 48.0 Å². The van der Waals surface area contributed by atoms with Crippen molar-refractivity contribution < 1.29 is 14.3 Å². The lowest BCUT2D eigenvalue weighted by molar-refractivity contribution is -0.149. The van der Waals surface area contributed by atoms with Crippen LogP contribution >= 0.6 is 22.9 Å². The van der Waals surface area contributed by atoms with Gasteiger partial charge in [0.05, 0.1) is 17.5 Å². The summed E-state index contributed by atoms with van der Waals surface area (Å²) in [6.07, 6.45) is 3.39. The summed E-state index contributed by atoms with van der Waals surface area (Å²) in [5.74, 6) is -0.597. The predicted molar refractivity (Wildman–Crippen MR) is 142 cm³/mol. The molecule has 1 atom stereocenters. The van der Waals surface area contributed by atoms with Crippen molar-refractivity contribution in [1.82, 2.24) is 9.88 Å². The summed E-state index contributed by atoms with van der Waals surface area (Å²) in [6, 6.07) is 11.7. The fraction of sp³-hybridized carbons (Fsp3) is 0.393. The summed E-state index contributed by atoms with van der Waals surface area (Å²) in [5.41, 5.74) is 4.69. The van der Waals surface area contributed by atoms with Gasteiger partial charge >= 0.3 is 5.97 Å². The number of halogens is 1. The first-order valence-electron chi connectivity index (χ1n) is 12.0. The number of hydrogen-bond acceptors (Lipinski definition) is 5. The van der Waals surface area contributed by atoms with E-state index in [4.69, 9.17) is 16.3 Å². The average molecular weight is 511 g/mol. The highest BCUT2D eigenvalue weighted by atomic mass is 35.5. The number of carbonyl (C=O) groups excluding carboxylic acids is 2. The number of carbonyl (C=O) groups is 2. The van der Waals surface area contributed by atoms with Gasteiger partial charge in [-0.15, -0.1) is 11.3 Å². The Kier molecular flexibility index (Phi) is 7.62. The minimum atomic E-state index is -0.265. The molecular weight excluding hydrogens is 480 g/mol. The number of likely N-dealkylation sites (tertiary alicyclic amines) is 1. The quantitative estimate of drug-likeness (QED) is 0.352. The lowest BCUT2D eigenvalue weighted by atomic mass is 9.90. The van der Waals surface area contributed by atoms with E-state index in [0.29, 0.717) is 30.3 Å². The SMILES string of the molecule is CCOC(=O)[C@@H]1CCCN(C(=O)c2ccc(-c3cc(-c4ccnc(C(C)(C)C)c4)cs3)c(Cl)c2)C1. The van der Waals surface area contributed by atoms with Gasteiger partial charge in [0.25, 0.3) is 5.91 Å². The summed E-state index contributed by atoms with van der Waals surface area (Å²) in [5, 5.41) is 2.66. The first-order chi connectivity index (χ1) is 16.7. The third-order valence-corrected chi connectivity index (χ3v) is 7.55. The smallest absolute Gasteiger partial charge is 0.310 e. The van der Waals surface area contributed by atoms with Crippen LogP contribution in [0.25, 0.3) is 21.6 Å². The van der Waals surface area contributed by atoms with E-state index >= 15 is 0 Å². The minimum absolute atomic E-state index is 0.0226. The zero-order chi connectivity index (χ0) is 25.2. The summed E-state index contributed by atoms with van der Waals surface area (Å²) < 4.78 is 5.16. The summed E-state index contributed by atoms with van der Waals surface area (Å²) in [4.78, 5) is 32.6. The van der Waals surface area contributed by atoms with Crippen LogP contribution in [-0.2, 0) is 14.9 Å². The molecule has 184 valence electrons. The molecule has 0 N–H and O–H groups in total. The van der Waals surface area contributed by atoms with Gasteiger partial charge in [0.2, 0.25) is 0 Å². The molecule has 0 radical (unpaired) electrons. The van der Waals surface area contributed by atoms with Crippen LogP contribution in [0.2, 0.25) is 5.02 Å². The molecule has 5 nitrogen and oxygen atoms in total. The zero-order valence-electron chi connectivity index (χ0n) is 20.6. The van der Waals surface area contributed by atoms with E-state index < -0.39 is 0 Å². The Hall–Kier alpha value is -2.70. The van der Waals surface area contributed by atoms with Crippen molar-refractivity contribution in [3.8, 4) is 21.6 Å². The maximum absolute atomic E-state index is 13.1. The van der Waals surface area contributed by atoms with Crippen molar-refractivity contribution in [2.24, 2.45) is 5.92 Å². The highest BCUT2D eigenvalue weighted by Crippen LogP contribution is 2.37. The molecule has 1 aliphatic rings. The van der Waals surface area contributed by atoms with Crippen LogP contribution in [-0.4, -0.2) is 41.5 Å². The van der Waals surface area contributed by atoms with E-state index in [1.165, 1.54) is 0 Å². The molecule has 2 aromatic heterocycles. The molecule has 0 aliphatic carbocycles. The highest BCUT2D eigenvalue weighted by Gasteiger charge is 2.30. The second-order valence-corrected chi connectivity index (χ2v) is 11.2. The van der Waals surface area contributed by atoms with Gasteiger partial charge in [-0.25, -0.2) is 0 Å². The summed E-state index contributed by atoms with van der Waals surface area (Å²) in [6.45, 7) is 9.62. The molecule has 1 aromatic carbocycles. The topological polar surface area (TPSA) is 59.5 Å². The van der Waals surface area contributed by atoms with Crippen LogP contribution in [0.3, 0.4) is 0 Å². The number of rotatable bonds is 5. The van der Waals surface area contributed by atoms with Crippen molar-refractivity contribution in [3.05, 3.63) is 64.3 Å². The van der Waals surface area contributed by atoms with E-state index in [1.54, 1.807) is 29.2 Å². The van der Waals surface area contributed by atoms with E-state index in [9.17, 15) is 9.59 Å². The molecule has 1 saturated heterocycles. The zero-order valence-corrected chi connectivity index (χ0v) is 22.2. The number of esters is 1. The molecule has 1 aliphatic heterocycles. The summed E-state index contributed by atoms with van der Waals surface area (Å²) >= 11 is 8.28. The van der Waals surface area contributed by atoms with Crippen molar-refractivity contribution in [3.63, 3.8) is 0 Å². The molecule has 1 fully saturated rings. The Morgan fingerprint density at radius 1 is 1.17 bits per heavy atom. The van der Waals surface area contributed by atoms with E-state index in [1.807, 2.05) is 24.4 Å². The van der Waals surface area contributed by atoms with Crippen LogP contribution in [0.1, 0.15) is 56.6 Å². The third-order valence-electron chi connectivity index (χ3n) is 6.27. The Morgan fingerprint density at radius 3 is 2.69 bits per heavy atom. The van der Waals surface area contributed by atoms with Gasteiger partial charge in [-0.2, -0.15) is 0 Å².